The molecule has 3 aromatic rings. The number of aromatic nitrogens is 2. The quantitative estimate of drug-likeness (QED) is 0.264. The van der Waals surface area contributed by atoms with Crippen LogP contribution in [0.3, 0.4) is 0 Å². The van der Waals surface area contributed by atoms with Crippen molar-refractivity contribution in [2.24, 2.45) is 12.1 Å². The topological polar surface area (TPSA) is 112 Å². The minimum absolute atomic E-state index is 0.0398. The van der Waals surface area contributed by atoms with Gasteiger partial charge in [-0.3, -0.25) is 10.1 Å². The molecule has 0 saturated carbocycles. The monoisotopic (exact) mass is 437 g/mol. The van der Waals surface area contributed by atoms with Gasteiger partial charge in [-0.05, 0) is 55.4 Å². The number of nitrogens with one attached hydrogen (secondary N) is 2. The van der Waals surface area contributed by atoms with Crippen molar-refractivity contribution in [3.05, 3.63) is 65.4 Å². The van der Waals surface area contributed by atoms with Crippen LogP contribution < -0.4 is 10.7 Å². The van der Waals surface area contributed by atoms with Gasteiger partial charge in [-0.15, -0.1) is 0 Å². The second kappa shape index (κ2) is 9.40. The maximum atomic E-state index is 10.9. The maximum Gasteiger partial charge on any atom is 0.335 e. The van der Waals surface area contributed by atoms with Gasteiger partial charge in [-0.2, -0.15) is 10.2 Å². The number of hydrogen-bond acceptors (Lipinski definition) is 5. The van der Waals surface area contributed by atoms with E-state index in [2.05, 4.69) is 27.9 Å². The van der Waals surface area contributed by atoms with Gasteiger partial charge in [0.15, 0.2) is 16.6 Å². The number of rotatable bonds is 6. The lowest BCUT2D eigenvalue weighted by Crippen LogP contribution is -2.25. The Hall–Kier alpha value is -3.72. The zero-order chi connectivity index (χ0) is 22.5. The Morgan fingerprint density at radius 1 is 1.16 bits per heavy atom. The highest BCUT2D eigenvalue weighted by atomic mass is 32.1. The molecule has 0 atom stereocenters. The summed E-state index contributed by atoms with van der Waals surface area (Å²) in [5.41, 5.74) is 6.99. The number of aromatic carboxylic acids is 1. The Kier molecular flexibility index (Phi) is 6.66. The van der Waals surface area contributed by atoms with Gasteiger partial charge < -0.3 is 15.5 Å². The molecule has 0 fully saturated rings. The molecule has 0 aliphatic heterocycles. The molecule has 0 saturated heterocycles. The van der Waals surface area contributed by atoms with Gasteiger partial charge in [-0.1, -0.05) is 31.2 Å². The summed E-state index contributed by atoms with van der Waals surface area (Å²) >= 11 is 5.22. The first-order valence-electron chi connectivity index (χ1n) is 9.60. The summed E-state index contributed by atoms with van der Waals surface area (Å²) in [7, 11) is 1.76. The number of carbonyl (C=O) groups is 1. The average Bonchev–Trinajstić information content (AvgIpc) is 3.06. The van der Waals surface area contributed by atoms with Crippen molar-refractivity contribution < 1.29 is 15.0 Å². The van der Waals surface area contributed by atoms with Gasteiger partial charge in [-0.25, -0.2) is 4.79 Å². The third-order valence-corrected chi connectivity index (χ3v) is 4.91. The third kappa shape index (κ3) is 5.07. The molecule has 1 aromatic heterocycles. The molecule has 0 amide bonds. The van der Waals surface area contributed by atoms with Crippen molar-refractivity contribution in [3.8, 4) is 17.0 Å². The molecule has 31 heavy (non-hydrogen) atoms. The number of anilines is 1. The fourth-order valence-corrected chi connectivity index (χ4v) is 3.18. The molecule has 4 N–H and O–H groups in total. The molecule has 0 radical (unpaired) electrons. The summed E-state index contributed by atoms with van der Waals surface area (Å²) in [6.07, 6.45) is 0.942. The van der Waals surface area contributed by atoms with Crippen LogP contribution in [0.2, 0.25) is 0 Å². The molecule has 9 heteroatoms. The van der Waals surface area contributed by atoms with Crippen LogP contribution in [-0.4, -0.2) is 36.8 Å². The largest absolute Gasteiger partial charge is 0.504 e. The zero-order valence-corrected chi connectivity index (χ0v) is 18.2. The number of aryl methyl sites for hydroxylation is 2. The smallest absolute Gasteiger partial charge is 0.335 e. The fourth-order valence-electron chi connectivity index (χ4n) is 3.02. The van der Waals surface area contributed by atoms with Gasteiger partial charge in [0.05, 0.1) is 11.3 Å². The molecule has 1 heterocycles. The normalized spacial score (nSPS) is 11.3. The Bertz CT molecular complexity index is 1140. The van der Waals surface area contributed by atoms with E-state index < -0.39 is 5.97 Å². The average molecular weight is 438 g/mol. The molecule has 0 bridgehead atoms. The van der Waals surface area contributed by atoms with Crippen LogP contribution >= 0.6 is 12.2 Å². The summed E-state index contributed by atoms with van der Waals surface area (Å²) in [6, 6.07) is 14.1. The van der Waals surface area contributed by atoms with Crippen molar-refractivity contribution >= 4 is 34.7 Å². The van der Waals surface area contributed by atoms with E-state index in [9.17, 15) is 9.90 Å². The van der Waals surface area contributed by atoms with Crippen LogP contribution in [0.5, 0.6) is 5.75 Å². The van der Waals surface area contributed by atoms with Crippen LogP contribution in [-0.2, 0) is 13.5 Å². The maximum absolute atomic E-state index is 10.9. The highest BCUT2D eigenvalue weighted by Crippen LogP contribution is 2.32. The molecular formula is C22H23N5O3S. The molecule has 160 valence electrons. The first-order valence-corrected chi connectivity index (χ1v) is 10.0. The predicted octanol–water partition coefficient (Wildman–Crippen LogP) is 3.76. The van der Waals surface area contributed by atoms with Crippen LogP contribution in [0, 0.1) is 0 Å². The van der Waals surface area contributed by atoms with Crippen LogP contribution in [0.4, 0.5) is 5.69 Å². The number of benzene rings is 2. The van der Waals surface area contributed by atoms with Crippen LogP contribution in [0.1, 0.15) is 35.5 Å². The Morgan fingerprint density at radius 3 is 2.39 bits per heavy atom. The first kappa shape index (κ1) is 22.0. The van der Waals surface area contributed by atoms with Gasteiger partial charge in [0.2, 0.25) is 0 Å². The molecule has 0 spiro atoms. The number of carboxylic acids is 1. The van der Waals surface area contributed by atoms with E-state index in [1.807, 2.05) is 24.3 Å². The highest BCUT2D eigenvalue weighted by Gasteiger charge is 2.19. The number of hydrogen-bond donors (Lipinski definition) is 4. The summed E-state index contributed by atoms with van der Waals surface area (Å²) in [5.74, 6) is -0.957. The number of thiocarbonyl (C=S) groups is 1. The molecule has 8 nitrogen and oxygen atoms in total. The van der Waals surface area contributed by atoms with E-state index in [1.54, 1.807) is 30.8 Å². The van der Waals surface area contributed by atoms with Crippen LogP contribution in [0.15, 0.2) is 53.6 Å². The number of carboxylic acid groups (broad SMARTS) is 1. The third-order valence-electron chi connectivity index (χ3n) is 4.72. The first-order chi connectivity index (χ1) is 14.8. The summed E-state index contributed by atoms with van der Waals surface area (Å²) in [4.78, 5) is 10.9. The van der Waals surface area contributed by atoms with Crippen molar-refractivity contribution in [1.29, 1.82) is 0 Å². The highest BCUT2D eigenvalue weighted by molar-refractivity contribution is 7.80. The van der Waals surface area contributed by atoms with Gasteiger partial charge >= 0.3 is 5.97 Å². The molecule has 0 aliphatic rings. The van der Waals surface area contributed by atoms with E-state index in [0.29, 0.717) is 22.8 Å². The van der Waals surface area contributed by atoms with Gasteiger partial charge in [0.25, 0.3) is 0 Å². The van der Waals surface area contributed by atoms with Crippen molar-refractivity contribution in [3.63, 3.8) is 0 Å². The number of nitrogens with zero attached hydrogens (tertiary/aromatic N) is 3. The molecule has 0 aliphatic carbocycles. The number of aromatic hydroxyl groups is 1. The summed E-state index contributed by atoms with van der Waals surface area (Å²) < 4.78 is 1.62. The lowest BCUT2D eigenvalue weighted by molar-refractivity contribution is 0.0697. The second-order valence-corrected chi connectivity index (χ2v) is 7.27. The van der Waals surface area contributed by atoms with Crippen molar-refractivity contribution in [2.75, 3.05) is 5.32 Å². The minimum atomic E-state index is -0.997. The van der Waals surface area contributed by atoms with E-state index in [0.717, 1.165) is 12.0 Å². The SMILES string of the molecule is CCc1ccc(-c2c(O)c(/C(C)=N\NC(=S)Nc3ccc(C(=O)O)cc3)nn2C)cc1. The minimum Gasteiger partial charge on any atom is -0.504 e. The van der Waals surface area contributed by atoms with E-state index in [1.165, 1.54) is 17.7 Å². The molecule has 2 aromatic carbocycles. The summed E-state index contributed by atoms with van der Waals surface area (Å²) in [5, 5.41) is 31.4. The van der Waals surface area contributed by atoms with Gasteiger partial charge in [0, 0.05) is 18.3 Å². The van der Waals surface area contributed by atoms with Crippen LogP contribution in [0.25, 0.3) is 11.3 Å². The molecular weight excluding hydrogens is 414 g/mol. The Morgan fingerprint density at radius 2 is 1.81 bits per heavy atom. The lowest BCUT2D eigenvalue weighted by Gasteiger charge is -2.08. The molecule has 3 rings (SSSR count). The van der Waals surface area contributed by atoms with Gasteiger partial charge in [0.1, 0.15) is 5.69 Å². The summed E-state index contributed by atoms with van der Waals surface area (Å²) in [6.45, 7) is 3.80. The Balaban J connectivity index is 1.72. The standard InChI is InChI=1S/C22H23N5O3S/c1-4-14-5-7-15(8-6-14)19-20(28)18(26-27(19)3)13(2)24-25-22(31)23-17-11-9-16(10-12-17)21(29)30/h5-12,28H,4H2,1-3H3,(H,29,30)(H2,23,25,31)/b24-13-. The van der Waals surface area contributed by atoms with E-state index >= 15 is 0 Å². The second-order valence-electron chi connectivity index (χ2n) is 6.87. The fraction of sp³-hybridized carbons (Fsp3) is 0.182. The van der Waals surface area contributed by atoms with E-state index in [-0.39, 0.29) is 16.4 Å². The Labute approximate surface area is 185 Å². The predicted molar refractivity (Wildman–Crippen MR) is 125 cm³/mol. The van der Waals surface area contributed by atoms with E-state index in [4.69, 9.17) is 17.3 Å². The van der Waals surface area contributed by atoms with Crippen molar-refractivity contribution in [1.82, 2.24) is 15.2 Å². The molecule has 0 unspecified atom stereocenters. The zero-order valence-electron chi connectivity index (χ0n) is 17.4. The van der Waals surface area contributed by atoms with Crippen molar-refractivity contribution in [2.45, 2.75) is 20.3 Å². The number of hydrazone groups is 1. The lowest BCUT2D eigenvalue weighted by atomic mass is 10.1.